The van der Waals surface area contributed by atoms with Crippen LogP contribution in [-0.4, -0.2) is -1.94 Å². The van der Waals surface area contributed by atoms with Gasteiger partial charge < -0.3 is 0 Å². The van der Waals surface area contributed by atoms with Gasteiger partial charge in [-0.15, -0.1) is 95.9 Å². The Kier molecular flexibility index (Phi) is 53.9. The molecule has 0 aromatic carbocycles. The average molecular weight is 1050 g/mol. The van der Waals surface area contributed by atoms with Gasteiger partial charge in [-0.05, 0) is 0 Å². The van der Waals surface area contributed by atoms with E-state index >= 15 is 0 Å². The molecule has 0 rings (SSSR count). The summed E-state index contributed by atoms with van der Waals surface area (Å²) in [5.74, 6) is 0. The van der Waals surface area contributed by atoms with Gasteiger partial charge in [0, 0.05) is 0 Å². The molecule has 0 aliphatic rings. The second-order valence-electron chi connectivity index (χ2n) is 0.429. The lowest BCUT2D eigenvalue weighted by Crippen LogP contribution is -1.84. The van der Waals surface area contributed by atoms with Gasteiger partial charge in [-0.3, -0.25) is 0 Å². The first-order valence-electron chi connectivity index (χ1n) is 0.756. The van der Waals surface area contributed by atoms with E-state index in [9.17, 15) is 0 Å². The summed E-state index contributed by atoms with van der Waals surface area (Å²) >= 11 is 9.91. The van der Waals surface area contributed by atoms with Crippen molar-refractivity contribution in [1.29, 1.82) is 0 Å². The SMILES string of the molecule is I.I.I.I.I[Si](I)(I)I. The molecule has 0 spiro atoms. The number of hydrogen-bond acceptors (Lipinski definition) is 0. The molecule has 0 atom stereocenters. The molecule has 0 fully saturated rings. The van der Waals surface area contributed by atoms with Crippen LogP contribution >= 0.6 is 183 Å². The highest BCUT2D eigenvalue weighted by atomic mass is 127. The summed E-state index contributed by atoms with van der Waals surface area (Å²) in [4.78, 5) is 0. The van der Waals surface area contributed by atoms with E-state index in [0.717, 1.165) is 0 Å². The molecule has 0 saturated heterocycles. The quantitative estimate of drug-likeness (QED) is 0.168. The molecule has 0 nitrogen and oxygen atoms in total. The third-order valence-corrected chi connectivity index (χ3v) is 0. The van der Waals surface area contributed by atoms with Crippen molar-refractivity contribution >= 4 is 181 Å². The minimum absolute atomic E-state index is 0. The predicted octanol–water partition coefficient (Wildman–Crippen LogP) is 5.63. The van der Waals surface area contributed by atoms with Crippen LogP contribution in [-0.2, 0) is 0 Å². The van der Waals surface area contributed by atoms with E-state index in [-0.39, 0.29) is 95.9 Å². The van der Waals surface area contributed by atoms with Gasteiger partial charge in [-0.1, -0.05) is 87.2 Å². The predicted molar refractivity (Wildman–Crippen MR) is 123 cm³/mol. The first-order chi connectivity index (χ1) is 2.00. The van der Waals surface area contributed by atoms with Crippen LogP contribution in [0.25, 0.3) is 0 Å². The molecule has 0 aliphatic heterocycles. The van der Waals surface area contributed by atoms with Crippen molar-refractivity contribution in [3.05, 3.63) is 0 Å². The third kappa shape index (κ3) is 55.7. The van der Waals surface area contributed by atoms with Gasteiger partial charge in [0.1, 0.15) is 0 Å². The Morgan fingerprint density at radius 3 is 0.556 bits per heavy atom. The van der Waals surface area contributed by atoms with E-state index in [4.69, 9.17) is 0 Å². The van der Waals surface area contributed by atoms with Crippen molar-refractivity contribution in [2.75, 3.05) is 0 Å². The summed E-state index contributed by atoms with van der Waals surface area (Å²) in [7, 11) is 0. The van der Waals surface area contributed by atoms with E-state index in [1.807, 2.05) is 0 Å². The fraction of sp³-hybridized carbons (Fsp3) is 0. The molecule has 0 aromatic heterocycles. The Labute approximate surface area is 176 Å². The summed E-state index contributed by atoms with van der Waals surface area (Å²) in [6.07, 6.45) is 0. The Morgan fingerprint density at radius 1 is 0.556 bits per heavy atom. The van der Waals surface area contributed by atoms with Crippen LogP contribution in [0.3, 0.4) is 0 Å². The molecule has 0 bridgehead atoms. The topological polar surface area (TPSA) is 0 Å². The van der Waals surface area contributed by atoms with Crippen molar-refractivity contribution in [3.63, 3.8) is 0 Å². The maximum Gasteiger partial charge on any atom is 0.317 e. The minimum atomic E-state index is -0.731. The van der Waals surface area contributed by atoms with Gasteiger partial charge >= 0.3 is -1.94 Å². The highest BCUT2D eigenvalue weighted by molar-refractivity contribution is 14.5. The van der Waals surface area contributed by atoms with Crippen molar-refractivity contribution in [2.24, 2.45) is 0 Å². The van der Waals surface area contributed by atoms with Gasteiger partial charge in [-0.2, -0.15) is 0 Å². The highest BCUT2D eigenvalue weighted by Gasteiger charge is 2.13. The van der Waals surface area contributed by atoms with Gasteiger partial charge in [0.2, 0.25) is 0 Å². The van der Waals surface area contributed by atoms with E-state index in [2.05, 4.69) is 87.2 Å². The Morgan fingerprint density at radius 2 is 0.556 bits per heavy atom. The molecule has 0 amide bonds. The fourth-order valence-corrected chi connectivity index (χ4v) is 0. The second kappa shape index (κ2) is 16.5. The lowest BCUT2D eigenvalue weighted by atomic mass is 28.0. The molecule has 0 heterocycles. The van der Waals surface area contributed by atoms with Crippen LogP contribution < -0.4 is 0 Å². The van der Waals surface area contributed by atoms with Gasteiger partial charge in [0.05, 0.1) is 0 Å². The Hall–Kier alpha value is 6.06. The molecular weight excluding hydrogens is 1040 g/mol. The van der Waals surface area contributed by atoms with Crippen LogP contribution in [0, 0.1) is 0 Å². The molecule has 0 aromatic rings. The maximum absolute atomic E-state index is 2.48. The molecule has 0 aliphatic carbocycles. The average Bonchev–Trinajstić information content (AvgIpc) is 0.722. The Balaban J connectivity index is -0.0000000133. The summed E-state index contributed by atoms with van der Waals surface area (Å²) in [6, 6.07) is 0. The summed E-state index contributed by atoms with van der Waals surface area (Å²) < 4.78 is -0.731. The monoisotopic (exact) mass is 1050 g/mol. The zero-order valence-corrected chi connectivity index (χ0v) is 22.6. The minimum Gasteiger partial charge on any atom is -0.107 e. The van der Waals surface area contributed by atoms with Crippen molar-refractivity contribution in [1.82, 2.24) is 0 Å². The second-order valence-corrected chi connectivity index (χ2v) is 57.9. The van der Waals surface area contributed by atoms with Crippen molar-refractivity contribution in [2.45, 2.75) is 0 Å². The van der Waals surface area contributed by atoms with Crippen LogP contribution in [0.4, 0.5) is 0 Å². The molecule has 9 heavy (non-hydrogen) atoms. The zero-order valence-electron chi connectivity index (χ0n) is 3.64. The molecule has 0 radical (unpaired) electrons. The molecule has 0 saturated carbocycles. The van der Waals surface area contributed by atoms with E-state index in [0.29, 0.717) is 0 Å². The highest BCUT2D eigenvalue weighted by Crippen LogP contribution is 2.35. The first kappa shape index (κ1) is 29.4. The van der Waals surface area contributed by atoms with Gasteiger partial charge in [0.15, 0.2) is 0 Å². The van der Waals surface area contributed by atoms with Gasteiger partial charge in [-0.25, -0.2) is 0 Å². The molecule has 0 unspecified atom stereocenters. The fourth-order valence-electron chi connectivity index (χ4n) is 0. The smallest absolute Gasteiger partial charge is 0.107 e. The molecule has 0 N–H and O–H groups in total. The zero-order chi connectivity index (χ0) is 4.50. The maximum atomic E-state index is 2.48. The molecule has 64 valence electrons. The molecule has 9 heteroatoms. The van der Waals surface area contributed by atoms with Crippen molar-refractivity contribution in [3.8, 4) is 0 Å². The summed E-state index contributed by atoms with van der Waals surface area (Å²) in [6.45, 7) is 0. The van der Waals surface area contributed by atoms with E-state index in [1.54, 1.807) is 0 Å². The first-order valence-corrected chi connectivity index (χ1v) is 15.2. The Bertz CT molecular complexity index is 20.0. The van der Waals surface area contributed by atoms with E-state index in [1.165, 1.54) is 0 Å². The number of rotatable bonds is 0. The number of hydrogen-bond donors (Lipinski definition) is 0. The van der Waals surface area contributed by atoms with Gasteiger partial charge in [0.25, 0.3) is 0 Å². The standard InChI is InChI=1S/I4Si.4HI/c1-5(2,3)4;;;;/h;4*1H. The number of halogens is 8. The largest absolute Gasteiger partial charge is 0.317 e. The normalized spacial score (nSPS) is 6.67. The van der Waals surface area contributed by atoms with E-state index < -0.39 is -1.94 Å². The van der Waals surface area contributed by atoms with Crippen molar-refractivity contribution < 1.29 is 0 Å². The third-order valence-electron chi connectivity index (χ3n) is 0. The van der Waals surface area contributed by atoms with Crippen LogP contribution in [0.15, 0.2) is 0 Å². The summed E-state index contributed by atoms with van der Waals surface area (Å²) in [5.41, 5.74) is 0. The molecular formula is H4I8Si. The van der Waals surface area contributed by atoms with Crippen LogP contribution in [0.1, 0.15) is 0 Å². The van der Waals surface area contributed by atoms with Crippen LogP contribution in [0.2, 0.25) is 0 Å². The lowest BCUT2D eigenvalue weighted by Gasteiger charge is -1.89. The lowest BCUT2D eigenvalue weighted by molar-refractivity contribution is 5.30. The summed E-state index contributed by atoms with van der Waals surface area (Å²) in [5, 5.41) is 0. The van der Waals surface area contributed by atoms with Crippen LogP contribution in [0.5, 0.6) is 0 Å².